The van der Waals surface area contributed by atoms with E-state index >= 15 is 0 Å². The van der Waals surface area contributed by atoms with Gasteiger partial charge in [0.25, 0.3) is 0 Å². The van der Waals surface area contributed by atoms with Gasteiger partial charge in [-0.25, -0.2) is 0 Å². The van der Waals surface area contributed by atoms with Gasteiger partial charge in [-0.15, -0.1) is 0 Å². The van der Waals surface area contributed by atoms with E-state index in [0.29, 0.717) is 24.3 Å². The highest BCUT2D eigenvalue weighted by Crippen LogP contribution is 2.12. The molecule has 90 valence electrons. The number of hydrogen-bond donors (Lipinski definition) is 1. The summed E-state index contributed by atoms with van der Waals surface area (Å²) in [4.78, 5) is 11.5. The molecule has 0 saturated carbocycles. The predicted molar refractivity (Wildman–Crippen MR) is 67.6 cm³/mol. The molecule has 0 aliphatic carbocycles. The molecule has 0 aromatic heterocycles. The van der Waals surface area contributed by atoms with Gasteiger partial charge in [-0.3, -0.25) is 4.79 Å². The van der Waals surface area contributed by atoms with E-state index in [2.05, 4.69) is 5.32 Å². The molecule has 1 amide bonds. The maximum Gasteiger partial charge on any atom is 0.221 e. The fourth-order valence-corrected chi connectivity index (χ4v) is 1.66. The summed E-state index contributed by atoms with van der Waals surface area (Å²) in [6.45, 7) is 1.87. The van der Waals surface area contributed by atoms with Crippen LogP contribution in [-0.4, -0.2) is 11.9 Å². The summed E-state index contributed by atoms with van der Waals surface area (Å²) >= 11 is 5.85. The van der Waals surface area contributed by atoms with Gasteiger partial charge in [0.1, 0.15) is 6.04 Å². The first-order chi connectivity index (χ1) is 8.15. The van der Waals surface area contributed by atoms with Crippen LogP contribution in [0.5, 0.6) is 0 Å². The molecule has 0 bridgehead atoms. The molecule has 0 fully saturated rings. The van der Waals surface area contributed by atoms with Gasteiger partial charge in [-0.1, -0.05) is 30.7 Å². The Balaban J connectivity index is 2.41. The van der Waals surface area contributed by atoms with Gasteiger partial charge in [-0.2, -0.15) is 5.26 Å². The zero-order valence-electron chi connectivity index (χ0n) is 9.74. The maximum atomic E-state index is 11.5. The predicted octanol–water partition coefficient (Wildman–Crippen LogP) is 2.69. The van der Waals surface area contributed by atoms with Gasteiger partial charge >= 0.3 is 0 Å². The number of halogens is 1. The van der Waals surface area contributed by atoms with Gasteiger partial charge in [0.15, 0.2) is 0 Å². The van der Waals surface area contributed by atoms with Crippen molar-refractivity contribution < 1.29 is 4.79 Å². The molecule has 0 radical (unpaired) electrons. The van der Waals surface area contributed by atoms with Crippen LogP contribution in [0.1, 0.15) is 25.3 Å². The van der Waals surface area contributed by atoms with Gasteiger partial charge in [0, 0.05) is 11.4 Å². The Hall–Kier alpha value is -1.53. The van der Waals surface area contributed by atoms with Crippen molar-refractivity contribution in [2.24, 2.45) is 0 Å². The minimum atomic E-state index is -0.387. The Morgan fingerprint density at radius 1 is 1.59 bits per heavy atom. The van der Waals surface area contributed by atoms with Gasteiger partial charge in [0.2, 0.25) is 5.91 Å². The van der Waals surface area contributed by atoms with E-state index in [-0.39, 0.29) is 11.9 Å². The third-order valence-electron chi connectivity index (χ3n) is 2.43. The van der Waals surface area contributed by atoms with Crippen LogP contribution in [0.4, 0.5) is 0 Å². The lowest BCUT2D eigenvalue weighted by atomic mass is 10.1. The average Bonchev–Trinajstić information content (AvgIpc) is 2.33. The van der Waals surface area contributed by atoms with Crippen LogP contribution in [0.3, 0.4) is 0 Å². The fourth-order valence-electron chi connectivity index (χ4n) is 1.44. The third-order valence-corrected chi connectivity index (χ3v) is 2.66. The molecule has 4 heteroatoms. The molecule has 0 saturated heterocycles. The molecule has 1 atom stereocenters. The highest BCUT2D eigenvalue weighted by molar-refractivity contribution is 6.30. The van der Waals surface area contributed by atoms with Crippen LogP contribution in [0.2, 0.25) is 5.02 Å². The molecule has 1 N–H and O–H groups in total. The topological polar surface area (TPSA) is 52.9 Å². The maximum absolute atomic E-state index is 11.5. The van der Waals surface area contributed by atoms with Crippen molar-refractivity contribution in [3.05, 3.63) is 34.9 Å². The molecule has 1 aromatic rings. The Labute approximate surface area is 106 Å². The summed E-state index contributed by atoms with van der Waals surface area (Å²) in [5.74, 6) is -0.0987. The summed E-state index contributed by atoms with van der Waals surface area (Å²) in [6.07, 6.45) is 1.63. The fraction of sp³-hybridized carbons (Fsp3) is 0.385. The Kier molecular flexibility index (Phi) is 5.51. The monoisotopic (exact) mass is 250 g/mol. The summed E-state index contributed by atoms with van der Waals surface area (Å²) in [5, 5.41) is 12.1. The van der Waals surface area contributed by atoms with Crippen molar-refractivity contribution in [2.45, 2.75) is 32.2 Å². The first kappa shape index (κ1) is 13.5. The molecular formula is C13H15ClN2O. The number of benzene rings is 1. The van der Waals surface area contributed by atoms with Crippen molar-refractivity contribution in [3.63, 3.8) is 0 Å². The van der Waals surface area contributed by atoms with Crippen molar-refractivity contribution in [1.29, 1.82) is 5.26 Å². The number of carbonyl (C=O) groups excluding carboxylic acids is 1. The van der Waals surface area contributed by atoms with Crippen LogP contribution in [0.25, 0.3) is 0 Å². The quantitative estimate of drug-likeness (QED) is 0.874. The summed E-state index contributed by atoms with van der Waals surface area (Å²) in [7, 11) is 0. The highest BCUT2D eigenvalue weighted by atomic mass is 35.5. The number of amides is 1. The minimum absolute atomic E-state index is 0.0987. The molecule has 1 aromatic carbocycles. The van der Waals surface area contributed by atoms with E-state index in [0.717, 1.165) is 5.56 Å². The van der Waals surface area contributed by atoms with E-state index < -0.39 is 0 Å². The van der Waals surface area contributed by atoms with E-state index in [1.807, 2.05) is 31.2 Å². The smallest absolute Gasteiger partial charge is 0.221 e. The van der Waals surface area contributed by atoms with E-state index in [1.165, 1.54) is 0 Å². The normalized spacial score (nSPS) is 11.6. The summed E-state index contributed by atoms with van der Waals surface area (Å²) in [5.41, 5.74) is 1.03. The molecule has 0 unspecified atom stereocenters. The second-order valence-corrected chi connectivity index (χ2v) is 4.22. The average molecular weight is 251 g/mol. The second-order valence-electron chi connectivity index (χ2n) is 3.79. The lowest BCUT2D eigenvalue weighted by molar-refractivity contribution is -0.121. The highest BCUT2D eigenvalue weighted by Gasteiger charge is 2.08. The molecule has 0 spiro atoms. The number of aryl methyl sites for hydroxylation is 1. The van der Waals surface area contributed by atoms with Crippen molar-refractivity contribution >= 4 is 17.5 Å². The van der Waals surface area contributed by atoms with Crippen LogP contribution >= 0.6 is 11.6 Å². The lowest BCUT2D eigenvalue weighted by Crippen LogP contribution is -2.33. The first-order valence-corrected chi connectivity index (χ1v) is 5.97. The summed E-state index contributed by atoms with van der Waals surface area (Å²) in [6, 6.07) is 9.09. The molecule has 1 rings (SSSR count). The molecule has 17 heavy (non-hydrogen) atoms. The zero-order chi connectivity index (χ0) is 12.7. The Bertz CT molecular complexity index is 426. The molecule has 0 aliphatic rings. The van der Waals surface area contributed by atoms with Crippen LogP contribution in [0, 0.1) is 11.3 Å². The third kappa shape index (κ3) is 4.88. The van der Waals surface area contributed by atoms with Gasteiger partial charge < -0.3 is 5.32 Å². The number of nitrogens with one attached hydrogen (secondary N) is 1. The van der Waals surface area contributed by atoms with Gasteiger partial charge in [0.05, 0.1) is 6.07 Å². The van der Waals surface area contributed by atoms with E-state index in [1.54, 1.807) is 6.07 Å². The van der Waals surface area contributed by atoms with E-state index in [4.69, 9.17) is 16.9 Å². The van der Waals surface area contributed by atoms with Crippen LogP contribution in [0.15, 0.2) is 24.3 Å². The van der Waals surface area contributed by atoms with Crippen molar-refractivity contribution in [2.75, 3.05) is 0 Å². The van der Waals surface area contributed by atoms with Crippen molar-refractivity contribution in [1.82, 2.24) is 5.32 Å². The number of rotatable bonds is 5. The van der Waals surface area contributed by atoms with Crippen LogP contribution < -0.4 is 5.32 Å². The largest absolute Gasteiger partial charge is 0.340 e. The number of nitrogens with zero attached hydrogens (tertiary/aromatic N) is 1. The standard InChI is InChI=1S/C13H15ClN2O/c1-2-12(9-15)16-13(17)7-6-10-4-3-5-11(14)8-10/h3-5,8,12H,2,6-7H2,1H3,(H,16,17)/t12-/m0/s1. The first-order valence-electron chi connectivity index (χ1n) is 5.59. The number of hydrogen-bond acceptors (Lipinski definition) is 2. The van der Waals surface area contributed by atoms with Crippen LogP contribution in [-0.2, 0) is 11.2 Å². The van der Waals surface area contributed by atoms with Gasteiger partial charge in [-0.05, 0) is 30.5 Å². The molecule has 0 heterocycles. The molecular weight excluding hydrogens is 236 g/mol. The van der Waals surface area contributed by atoms with E-state index in [9.17, 15) is 4.79 Å². The lowest BCUT2D eigenvalue weighted by Gasteiger charge is -2.08. The summed E-state index contributed by atoms with van der Waals surface area (Å²) < 4.78 is 0. The second kappa shape index (κ2) is 6.93. The zero-order valence-corrected chi connectivity index (χ0v) is 10.5. The molecule has 3 nitrogen and oxygen atoms in total. The molecule has 0 aliphatic heterocycles. The number of carbonyl (C=O) groups is 1. The minimum Gasteiger partial charge on any atom is -0.340 e. The Morgan fingerprint density at radius 2 is 2.35 bits per heavy atom. The number of nitriles is 1. The Morgan fingerprint density at radius 3 is 2.94 bits per heavy atom. The van der Waals surface area contributed by atoms with Crippen molar-refractivity contribution in [3.8, 4) is 6.07 Å². The SMILES string of the molecule is CC[C@@H](C#N)NC(=O)CCc1cccc(Cl)c1.